The lowest BCUT2D eigenvalue weighted by atomic mass is 10.1. The number of hydrogen-bond donors (Lipinski definition) is 3. The maximum absolute atomic E-state index is 12.0. The van der Waals surface area contributed by atoms with Crippen LogP contribution in [0.2, 0.25) is 0 Å². The summed E-state index contributed by atoms with van der Waals surface area (Å²) in [5.74, 6) is 0.0225. The van der Waals surface area contributed by atoms with Crippen LogP contribution >= 0.6 is 12.2 Å². The van der Waals surface area contributed by atoms with Crippen molar-refractivity contribution in [2.24, 2.45) is 0 Å². The molecule has 0 bridgehead atoms. The van der Waals surface area contributed by atoms with E-state index in [2.05, 4.69) is 23.1 Å². The van der Waals surface area contributed by atoms with Crippen molar-refractivity contribution in [3.63, 3.8) is 0 Å². The first-order valence-corrected chi connectivity index (χ1v) is 9.67. The van der Waals surface area contributed by atoms with Crippen LogP contribution in [0.1, 0.15) is 32.6 Å². The third kappa shape index (κ3) is 7.36. The van der Waals surface area contributed by atoms with Crippen LogP contribution in [-0.2, 0) is 9.59 Å². The van der Waals surface area contributed by atoms with E-state index in [1.54, 1.807) is 0 Å². The molecule has 0 saturated carbocycles. The first-order chi connectivity index (χ1) is 13.6. The molecular formula is C21H25N3O3S. The minimum atomic E-state index is -0.412. The van der Waals surface area contributed by atoms with Gasteiger partial charge in [-0.15, -0.1) is 0 Å². The van der Waals surface area contributed by atoms with Gasteiger partial charge in [0.1, 0.15) is 5.75 Å². The molecule has 2 amide bonds. The Hall–Kier alpha value is -2.93. The van der Waals surface area contributed by atoms with Crippen LogP contribution in [0.5, 0.6) is 5.75 Å². The van der Waals surface area contributed by atoms with Gasteiger partial charge in [0.15, 0.2) is 11.7 Å². The number of para-hydroxylation sites is 1. The second-order valence-corrected chi connectivity index (χ2v) is 6.57. The van der Waals surface area contributed by atoms with Crippen molar-refractivity contribution < 1.29 is 14.3 Å². The lowest BCUT2D eigenvalue weighted by Crippen LogP contribution is -2.49. The van der Waals surface area contributed by atoms with Crippen molar-refractivity contribution in [3.8, 4) is 16.9 Å². The number of carbonyl (C=O) groups excluding carboxylic acids is 2. The van der Waals surface area contributed by atoms with Crippen molar-refractivity contribution in [2.45, 2.75) is 32.6 Å². The summed E-state index contributed by atoms with van der Waals surface area (Å²) >= 11 is 4.99. The first-order valence-electron chi connectivity index (χ1n) is 9.26. The van der Waals surface area contributed by atoms with Crippen LogP contribution in [0.15, 0.2) is 54.6 Å². The molecule has 0 fully saturated rings. The predicted molar refractivity (Wildman–Crippen MR) is 114 cm³/mol. The van der Waals surface area contributed by atoms with Gasteiger partial charge in [-0.25, -0.2) is 0 Å². The van der Waals surface area contributed by atoms with E-state index in [9.17, 15) is 9.59 Å². The molecule has 0 heterocycles. The van der Waals surface area contributed by atoms with Crippen LogP contribution in [0.3, 0.4) is 0 Å². The molecule has 0 spiro atoms. The number of rotatable bonds is 8. The van der Waals surface area contributed by atoms with E-state index in [0.29, 0.717) is 12.2 Å². The van der Waals surface area contributed by atoms with Crippen molar-refractivity contribution in [3.05, 3.63) is 54.6 Å². The third-order valence-electron chi connectivity index (χ3n) is 3.91. The number of ether oxygens (including phenoxy) is 1. The van der Waals surface area contributed by atoms with Gasteiger partial charge >= 0.3 is 0 Å². The molecule has 0 radical (unpaired) electrons. The largest absolute Gasteiger partial charge is 0.483 e. The number of carbonyl (C=O) groups is 2. The molecule has 2 aromatic rings. The molecule has 2 rings (SSSR count). The van der Waals surface area contributed by atoms with E-state index in [1.165, 1.54) is 0 Å². The summed E-state index contributed by atoms with van der Waals surface area (Å²) in [6.45, 7) is 1.88. The third-order valence-corrected chi connectivity index (χ3v) is 4.11. The molecule has 0 aliphatic carbocycles. The molecule has 0 aliphatic rings. The fourth-order valence-corrected chi connectivity index (χ4v) is 2.68. The molecule has 3 N–H and O–H groups in total. The lowest BCUT2D eigenvalue weighted by Gasteiger charge is -2.13. The second-order valence-electron chi connectivity index (χ2n) is 6.16. The van der Waals surface area contributed by atoms with Crippen LogP contribution in [0.25, 0.3) is 11.1 Å². The highest BCUT2D eigenvalue weighted by Gasteiger charge is 2.09. The SMILES string of the molecule is CCCCCC(=O)NC(=S)NNC(=O)COc1ccccc1-c1ccccc1. The fraction of sp³-hybridized carbons (Fsp3) is 0.286. The Kier molecular flexibility index (Phi) is 8.94. The van der Waals surface area contributed by atoms with Gasteiger partial charge in [0.05, 0.1) is 0 Å². The molecule has 0 saturated heterocycles. The van der Waals surface area contributed by atoms with Crippen LogP contribution in [0, 0.1) is 0 Å². The zero-order valence-corrected chi connectivity index (χ0v) is 16.7. The summed E-state index contributed by atoms with van der Waals surface area (Å²) < 4.78 is 5.65. The van der Waals surface area contributed by atoms with Crippen molar-refractivity contribution in [1.29, 1.82) is 0 Å². The first kappa shape index (κ1) is 21.4. The molecule has 0 atom stereocenters. The molecular weight excluding hydrogens is 374 g/mol. The Labute approximate surface area is 170 Å². The smallest absolute Gasteiger partial charge is 0.276 e. The standard InChI is InChI=1S/C21H25N3O3S/c1-2-3-5-14-19(25)22-21(28)24-23-20(26)15-27-18-13-9-8-12-17(18)16-10-6-4-7-11-16/h4,6-13H,2-3,5,14-15H2,1H3,(H,23,26)(H2,22,24,25,28). The topological polar surface area (TPSA) is 79.5 Å². The maximum atomic E-state index is 12.0. The van der Waals surface area contributed by atoms with Crippen molar-refractivity contribution >= 4 is 29.1 Å². The summed E-state index contributed by atoms with van der Waals surface area (Å²) in [6.07, 6.45) is 3.25. The van der Waals surface area contributed by atoms with E-state index in [-0.39, 0.29) is 17.6 Å². The molecule has 0 unspecified atom stereocenters. The van der Waals surface area contributed by atoms with Gasteiger partial charge in [-0.3, -0.25) is 20.4 Å². The molecule has 0 aliphatic heterocycles. The highest BCUT2D eigenvalue weighted by Crippen LogP contribution is 2.29. The summed E-state index contributed by atoms with van der Waals surface area (Å²) in [5.41, 5.74) is 6.83. The van der Waals surface area contributed by atoms with Gasteiger partial charge in [-0.1, -0.05) is 68.3 Å². The summed E-state index contributed by atoms with van der Waals surface area (Å²) in [7, 11) is 0. The van der Waals surface area contributed by atoms with Crippen molar-refractivity contribution in [2.75, 3.05) is 6.61 Å². The van der Waals surface area contributed by atoms with E-state index < -0.39 is 5.91 Å². The Morgan fingerprint density at radius 1 is 0.929 bits per heavy atom. The summed E-state index contributed by atoms with van der Waals surface area (Å²) in [6, 6.07) is 17.3. The van der Waals surface area contributed by atoms with Crippen molar-refractivity contribution in [1.82, 2.24) is 16.2 Å². The lowest BCUT2D eigenvalue weighted by molar-refractivity contribution is -0.124. The number of nitrogens with one attached hydrogen (secondary N) is 3. The fourth-order valence-electron chi connectivity index (χ4n) is 2.51. The van der Waals surface area contributed by atoms with Gasteiger partial charge < -0.3 is 10.1 Å². The molecule has 6 nitrogen and oxygen atoms in total. The van der Waals surface area contributed by atoms with Gasteiger partial charge in [0.25, 0.3) is 5.91 Å². The monoisotopic (exact) mass is 399 g/mol. The quantitative estimate of drug-likeness (QED) is 0.360. The highest BCUT2D eigenvalue weighted by atomic mass is 32.1. The Morgan fingerprint density at radius 2 is 1.64 bits per heavy atom. The van der Waals surface area contributed by atoms with Crippen LogP contribution in [-0.4, -0.2) is 23.5 Å². The van der Waals surface area contributed by atoms with E-state index >= 15 is 0 Å². The zero-order valence-electron chi connectivity index (χ0n) is 15.9. The predicted octanol–water partition coefficient (Wildman–Crippen LogP) is 3.33. The number of benzene rings is 2. The summed E-state index contributed by atoms with van der Waals surface area (Å²) in [5, 5.41) is 2.58. The maximum Gasteiger partial charge on any atom is 0.276 e. The normalized spacial score (nSPS) is 10.0. The van der Waals surface area contributed by atoms with E-state index in [4.69, 9.17) is 17.0 Å². The molecule has 28 heavy (non-hydrogen) atoms. The molecule has 2 aromatic carbocycles. The number of amides is 2. The van der Waals surface area contributed by atoms with Gasteiger partial charge in [-0.05, 0) is 30.3 Å². The van der Waals surface area contributed by atoms with Gasteiger partial charge in [-0.2, -0.15) is 0 Å². The Morgan fingerprint density at radius 3 is 2.39 bits per heavy atom. The van der Waals surface area contributed by atoms with Crippen LogP contribution < -0.4 is 20.9 Å². The number of hydrogen-bond acceptors (Lipinski definition) is 4. The number of thiocarbonyl (C=S) groups is 1. The highest BCUT2D eigenvalue weighted by molar-refractivity contribution is 7.80. The van der Waals surface area contributed by atoms with E-state index in [1.807, 2.05) is 54.6 Å². The van der Waals surface area contributed by atoms with Gasteiger partial charge in [0, 0.05) is 12.0 Å². The zero-order chi connectivity index (χ0) is 20.2. The summed E-state index contributed by atoms with van der Waals surface area (Å²) in [4.78, 5) is 23.7. The minimum absolute atomic E-state index is 0.0551. The average molecular weight is 400 g/mol. The Balaban J connectivity index is 1.77. The van der Waals surface area contributed by atoms with Crippen LogP contribution in [0.4, 0.5) is 0 Å². The Bertz CT molecular complexity index is 796. The average Bonchev–Trinajstić information content (AvgIpc) is 2.72. The van der Waals surface area contributed by atoms with E-state index in [0.717, 1.165) is 30.4 Å². The second kappa shape index (κ2) is 11.7. The molecule has 148 valence electrons. The minimum Gasteiger partial charge on any atom is -0.483 e. The number of unbranched alkanes of at least 4 members (excludes halogenated alkanes) is 2. The van der Waals surface area contributed by atoms with Gasteiger partial charge in [0.2, 0.25) is 5.91 Å². The molecule has 7 heteroatoms. The molecule has 0 aromatic heterocycles. The number of hydrazine groups is 1.